The second-order valence-electron chi connectivity index (χ2n) is 9.30. The third-order valence-electron chi connectivity index (χ3n) is 7.40. The van der Waals surface area contributed by atoms with E-state index in [4.69, 9.17) is 0 Å². The van der Waals surface area contributed by atoms with Crippen molar-refractivity contribution in [1.82, 2.24) is 0 Å². The van der Waals surface area contributed by atoms with Crippen molar-refractivity contribution >= 4 is 0 Å². The smallest absolute Gasteiger partial charge is 0.207 e. The Morgan fingerprint density at radius 3 is 1.86 bits per heavy atom. The van der Waals surface area contributed by atoms with Crippen LogP contribution in [0.3, 0.4) is 0 Å². The molecule has 0 nitrogen and oxygen atoms in total. The van der Waals surface area contributed by atoms with Crippen LogP contribution in [0, 0.1) is 42.2 Å². The van der Waals surface area contributed by atoms with Crippen molar-refractivity contribution in [3.63, 3.8) is 0 Å². The van der Waals surface area contributed by atoms with Gasteiger partial charge in [0, 0.05) is 17.9 Å². The van der Waals surface area contributed by atoms with Gasteiger partial charge >= 0.3 is 0 Å². The number of hydrogen-bond donors (Lipinski definition) is 0. The van der Waals surface area contributed by atoms with Crippen molar-refractivity contribution in [2.75, 3.05) is 0 Å². The molecule has 0 aliphatic heterocycles. The second kappa shape index (κ2) is 9.17. The summed E-state index contributed by atoms with van der Waals surface area (Å²) in [7, 11) is 0. The standard InChI is InChI=1S/C24H34F4/c1-3-4-17-5-7-19(8-6-17)20-9-11-21(12-10-20)24(27,28)15-18-13-22(25)16(2)23(26)14-18/h13-14,17,19-21H,3-12,15H2,1-2H3. The highest BCUT2D eigenvalue weighted by molar-refractivity contribution is 5.26. The van der Waals surface area contributed by atoms with Gasteiger partial charge in [0.1, 0.15) is 11.6 Å². The summed E-state index contributed by atoms with van der Waals surface area (Å²) in [6.45, 7) is 3.57. The van der Waals surface area contributed by atoms with Gasteiger partial charge in [0.15, 0.2) is 0 Å². The van der Waals surface area contributed by atoms with Gasteiger partial charge in [-0.2, -0.15) is 0 Å². The second-order valence-corrected chi connectivity index (χ2v) is 9.30. The van der Waals surface area contributed by atoms with E-state index >= 15 is 0 Å². The molecule has 1 aromatic rings. The number of benzene rings is 1. The van der Waals surface area contributed by atoms with Crippen LogP contribution in [0.15, 0.2) is 12.1 Å². The number of hydrogen-bond acceptors (Lipinski definition) is 0. The Hall–Kier alpha value is -1.06. The van der Waals surface area contributed by atoms with E-state index in [1.807, 2.05) is 0 Å². The largest absolute Gasteiger partial charge is 0.254 e. The molecule has 158 valence electrons. The number of rotatable bonds is 6. The Balaban J connectivity index is 1.52. The predicted octanol–water partition coefficient (Wildman–Crippen LogP) is 7.86. The fourth-order valence-electron chi connectivity index (χ4n) is 5.59. The molecule has 0 spiro atoms. The molecule has 2 saturated carbocycles. The topological polar surface area (TPSA) is 0 Å². The predicted molar refractivity (Wildman–Crippen MR) is 106 cm³/mol. The quantitative estimate of drug-likeness (QED) is 0.428. The van der Waals surface area contributed by atoms with Crippen LogP contribution < -0.4 is 0 Å². The van der Waals surface area contributed by atoms with Crippen LogP contribution >= 0.6 is 0 Å². The van der Waals surface area contributed by atoms with E-state index < -0.39 is 29.9 Å². The molecule has 0 amide bonds. The van der Waals surface area contributed by atoms with Crippen molar-refractivity contribution in [3.8, 4) is 0 Å². The van der Waals surface area contributed by atoms with Crippen LogP contribution in [0.25, 0.3) is 0 Å². The minimum absolute atomic E-state index is 0.0574. The van der Waals surface area contributed by atoms with Gasteiger partial charge in [-0.1, -0.05) is 32.6 Å². The first-order valence-corrected chi connectivity index (χ1v) is 11.1. The van der Waals surface area contributed by atoms with Gasteiger partial charge in [0.25, 0.3) is 5.92 Å². The van der Waals surface area contributed by atoms with E-state index in [2.05, 4.69) is 6.92 Å². The van der Waals surface area contributed by atoms with Crippen LogP contribution in [-0.4, -0.2) is 5.92 Å². The SMILES string of the molecule is CCCC1CCC(C2CCC(C(F)(F)Cc3cc(F)c(C)c(F)c3)CC2)CC1. The Kier molecular flexibility index (Phi) is 7.09. The van der Waals surface area contributed by atoms with Gasteiger partial charge in [-0.05, 0) is 80.9 Å². The molecule has 0 bridgehead atoms. The Bertz CT molecular complexity index is 615. The lowest BCUT2D eigenvalue weighted by atomic mass is 9.67. The van der Waals surface area contributed by atoms with Gasteiger partial charge < -0.3 is 0 Å². The van der Waals surface area contributed by atoms with Crippen molar-refractivity contribution in [2.24, 2.45) is 23.7 Å². The van der Waals surface area contributed by atoms with E-state index in [1.165, 1.54) is 45.4 Å². The zero-order valence-electron chi connectivity index (χ0n) is 17.3. The molecule has 2 fully saturated rings. The monoisotopic (exact) mass is 398 g/mol. The van der Waals surface area contributed by atoms with E-state index in [-0.39, 0.29) is 11.1 Å². The van der Waals surface area contributed by atoms with Crippen molar-refractivity contribution in [1.29, 1.82) is 0 Å². The maximum Gasteiger partial charge on any atom is 0.254 e. The summed E-state index contributed by atoms with van der Waals surface area (Å²) in [6.07, 6.45) is 9.95. The van der Waals surface area contributed by atoms with Crippen LogP contribution in [0.5, 0.6) is 0 Å². The highest BCUT2D eigenvalue weighted by atomic mass is 19.3. The molecule has 0 unspecified atom stereocenters. The van der Waals surface area contributed by atoms with Gasteiger partial charge in [-0.25, -0.2) is 17.6 Å². The maximum atomic E-state index is 14.8. The first kappa shape index (κ1) is 21.6. The number of alkyl halides is 2. The van der Waals surface area contributed by atoms with E-state index in [1.54, 1.807) is 0 Å². The molecule has 3 rings (SSSR count). The molecule has 2 aliphatic carbocycles. The summed E-state index contributed by atoms with van der Waals surface area (Å²) in [5.41, 5.74) is -0.0526. The zero-order valence-corrected chi connectivity index (χ0v) is 17.3. The van der Waals surface area contributed by atoms with E-state index in [0.29, 0.717) is 24.7 Å². The summed E-state index contributed by atoms with van der Waals surface area (Å²) >= 11 is 0. The van der Waals surface area contributed by atoms with E-state index in [9.17, 15) is 17.6 Å². The third kappa shape index (κ3) is 5.10. The maximum absolute atomic E-state index is 14.8. The first-order valence-electron chi connectivity index (χ1n) is 11.1. The average molecular weight is 399 g/mol. The molecule has 0 aromatic heterocycles. The molecule has 0 radical (unpaired) electrons. The fraction of sp³-hybridized carbons (Fsp3) is 0.750. The molecule has 0 N–H and O–H groups in total. The minimum atomic E-state index is -2.90. The summed E-state index contributed by atoms with van der Waals surface area (Å²) < 4.78 is 57.1. The minimum Gasteiger partial charge on any atom is -0.207 e. The van der Waals surface area contributed by atoms with Gasteiger partial charge in [-0.3, -0.25) is 0 Å². The lowest BCUT2D eigenvalue weighted by Crippen LogP contribution is -2.35. The average Bonchev–Trinajstić information content (AvgIpc) is 2.67. The highest BCUT2D eigenvalue weighted by Crippen LogP contribution is 2.46. The van der Waals surface area contributed by atoms with Crippen LogP contribution in [0.1, 0.15) is 82.3 Å². The molecule has 2 aliphatic rings. The summed E-state index contributed by atoms with van der Waals surface area (Å²) in [4.78, 5) is 0. The Morgan fingerprint density at radius 2 is 1.36 bits per heavy atom. The molecule has 4 heteroatoms. The summed E-state index contributed by atoms with van der Waals surface area (Å²) in [6, 6.07) is 2.12. The van der Waals surface area contributed by atoms with Crippen LogP contribution in [-0.2, 0) is 6.42 Å². The molecular weight excluding hydrogens is 364 g/mol. The first-order chi connectivity index (χ1) is 13.3. The molecule has 0 atom stereocenters. The highest BCUT2D eigenvalue weighted by Gasteiger charge is 2.42. The summed E-state index contributed by atoms with van der Waals surface area (Å²) in [5.74, 6) is -2.89. The fourth-order valence-corrected chi connectivity index (χ4v) is 5.59. The molecule has 1 aromatic carbocycles. The number of halogens is 4. The van der Waals surface area contributed by atoms with Crippen molar-refractivity contribution in [2.45, 2.75) is 90.4 Å². The lowest BCUT2D eigenvalue weighted by Gasteiger charge is -2.39. The van der Waals surface area contributed by atoms with Gasteiger partial charge in [0.2, 0.25) is 0 Å². The molecule has 28 heavy (non-hydrogen) atoms. The Morgan fingerprint density at radius 1 is 0.857 bits per heavy atom. The molecule has 0 saturated heterocycles. The third-order valence-corrected chi connectivity index (χ3v) is 7.40. The van der Waals surface area contributed by atoms with Gasteiger partial charge in [-0.15, -0.1) is 0 Å². The lowest BCUT2D eigenvalue weighted by molar-refractivity contribution is -0.0777. The van der Waals surface area contributed by atoms with Crippen molar-refractivity contribution in [3.05, 3.63) is 34.9 Å². The van der Waals surface area contributed by atoms with Crippen LogP contribution in [0.2, 0.25) is 0 Å². The normalized spacial score (nSPS) is 29.1. The van der Waals surface area contributed by atoms with E-state index in [0.717, 1.165) is 30.9 Å². The van der Waals surface area contributed by atoms with Crippen LogP contribution in [0.4, 0.5) is 17.6 Å². The molecular formula is C24H34F4. The van der Waals surface area contributed by atoms with Gasteiger partial charge in [0.05, 0.1) is 0 Å². The summed E-state index contributed by atoms with van der Waals surface area (Å²) in [5, 5.41) is 0. The van der Waals surface area contributed by atoms with Crippen molar-refractivity contribution < 1.29 is 17.6 Å². The Labute approximate surface area is 167 Å². The molecule has 0 heterocycles. The zero-order chi connectivity index (χ0) is 20.3.